The highest BCUT2D eigenvalue weighted by molar-refractivity contribution is 6.29. The Kier molecular flexibility index (Phi) is 13.2. The van der Waals surface area contributed by atoms with Crippen LogP contribution in [0.25, 0.3) is 45.1 Å². The van der Waals surface area contributed by atoms with E-state index in [1.165, 1.54) is 22.7 Å². The zero-order valence-electron chi connectivity index (χ0n) is 35.8. The third-order valence-electron chi connectivity index (χ3n) is 11.5. The number of hydrogen-bond acceptors (Lipinski definition) is 8. The van der Waals surface area contributed by atoms with Gasteiger partial charge < -0.3 is 10.6 Å². The number of carbonyl (C=O) groups excluding carboxylic acids is 2. The average Bonchev–Trinajstić information content (AvgIpc) is 4.16. The number of aromatic nitrogens is 6. The molecule has 2 aliphatic rings. The average molecular weight is 933 g/mol. The number of anilines is 2. The summed E-state index contributed by atoms with van der Waals surface area (Å²) in [7, 11) is 0. The van der Waals surface area contributed by atoms with Crippen LogP contribution in [-0.2, 0) is 0 Å². The van der Waals surface area contributed by atoms with Gasteiger partial charge in [0, 0.05) is 59.8 Å². The number of nitrogens with one attached hydrogen (secondary N) is 2. The van der Waals surface area contributed by atoms with Gasteiger partial charge in [-0.05, 0) is 105 Å². The van der Waals surface area contributed by atoms with E-state index in [1.54, 1.807) is 41.2 Å². The van der Waals surface area contributed by atoms with E-state index in [2.05, 4.69) is 30.8 Å². The predicted octanol–water partition coefficient (Wildman–Crippen LogP) is 12.6. The lowest BCUT2D eigenvalue weighted by molar-refractivity contribution is -0.132. The molecule has 0 aliphatic heterocycles. The number of nitrogens with zero attached hydrogens (tertiary/aromatic N) is 6. The lowest BCUT2D eigenvalue weighted by Gasteiger charge is -2.13. The molecule has 2 aliphatic carbocycles. The van der Waals surface area contributed by atoms with Crippen molar-refractivity contribution in [2.75, 3.05) is 23.7 Å². The molecule has 7 aromatic rings. The van der Waals surface area contributed by atoms with Crippen molar-refractivity contribution in [3.8, 4) is 33.8 Å². The highest BCUT2D eigenvalue weighted by atomic mass is 35.5. The first kappa shape index (κ1) is 46.2. The van der Waals surface area contributed by atoms with Crippen LogP contribution in [0.3, 0.4) is 0 Å². The molecule has 0 bridgehead atoms. The SMILES string of the molecule is Cc1cc(-c2cnc3c(NCCC(F)(F)F)cc(-c4ccc(F)cc4)nn23)ccc1C(=O)CC1CC1.Cc1cc(-c2cnc3c(NCCC(F)(F)F)cc(Cl)nn23)ccc1C(=O)CC1CC1. The number of fused-ring (bicyclic) bond motifs is 2. The number of rotatable bonds is 15. The Morgan fingerprint density at radius 2 is 1.08 bits per heavy atom. The Labute approximate surface area is 379 Å². The van der Waals surface area contributed by atoms with Gasteiger partial charge in [-0.2, -0.15) is 36.5 Å². The Hall–Kier alpha value is -6.36. The summed E-state index contributed by atoms with van der Waals surface area (Å²) in [6.45, 7) is 3.15. The second-order valence-electron chi connectivity index (χ2n) is 16.9. The first-order valence-electron chi connectivity index (χ1n) is 21.5. The van der Waals surface area contributed by atoms with Crippen molar-refractivity contribution in [1.82, 2.24) is 29.2 Å². The van der Waals surface area contributed by atoms with Crippen molar-refractivity contribution in [2.24, 2.45) is 11.8 Å². The number of carbonyl (C=O) groups is 2. The molecule has 2 N–H and O–H groups in total. The molecule has 0 atom stereocenters. The van der Waals surface area contributed by atoms with Crippen molar-refractivity contribution >= 4 is 45.8 Å². The molecular weight excluding hydrogens is 889 g/mol. The molecule has 4 heterocycles. The Bertz CT molecular complexity index is 2920. The minimum absolute atomic E-state index is 0.129. The van der Waals surface area contributed by atoms with Crippen molar-refractivity contribution in [3.05, 3.63) is 118 Å². The quantitative estimate of drug-likeness (QED) is 0.0771. The maximum absolute atomic E-state index is 13.5. The lowest BCUT2D eigenvalue weighted by Crippen LogP contribution is -2.15. The normalized spacial score (nSPS) is 14.0. The maximum Gasteiger partial charge on any atom is 0.390 e. The van der Waals surface area contributed by atoms with E-state index in [0.29, 0.717) is 81.1 Å². The fourth-order valence-electron chi connectivity index (χ4n) is 7.66. The minimum atomic E-state index is -4.30. The molecule has 344 valence electrons. The summed E-state index contributed by atoms with van der Waals surface area (Å²) in [5.41, 5.74) is 8.47. The Morgan fingerprint density at radius 3 is 1.52 bits per heavy atom. The fourth-order valence-corrected chi connectivity index (χ4v) is 7.85. The van der Waals surface area contributed by atoms with E-state index < -0.39 is 31.0 Å². The zero-order valence-corrected chi connectivity index (χ0v) is 36.6. The summed E-state index contributed by atoms with van der Waals surface area (Å²) in [6.07, 6.45) is -1.74. The van der Waals surface area contributed by atoms with Crippen molar-refractivity contribution < 1.29 is 40.3 Å². The first-order valence-corrected chi connectivity index (χ1v) is 21.9. The second kappa shape index (κ2) is 18.9. The number of benzene rings is 3. The molecule has 2 fully saturated rings. The molecule has 10 nitrogen and oxygen atoms in total. The van der Waals surface area contributed by atoms with Crippen LogP contribution in [0.2, 0.25) is 5.15 Å². The van der Waals surface area contributed by atoms with Crippen LogP contribution in [0.4, 0.5) is 42.1 Å². The summed E-state index contributed by atoms with van der Waals surface area (Å²) in [6, 6.07) is 19.8. The van der Waals surface area contributed by atoms with Gasteiger partial charge in [-0.3, -0.25) is 9.59 Å². The van der Waals surface area contributed by atoms with Gasteiger partial charge in [0.25, 0.3) is 0 Å². The van der Waals surface area contributed by atoms with Gasteiger partial charge in [0.1, 0.15) is 5.82 Å². The highest BCUT2D eigenvalue weighted by Crippen LogP contribution is 2.36. The van der Waals surface area contributed by atoms with Crippen LogP contribution >= 0.6 is 11.6 Å². The van der Waals surface area contributed by atoms with Crippen molar-refractivity contribution in [3.63, 3.8) is 0 Å². The summed E-state index contributed by atoms with van der Waals surface area (Å²) < 4.78 is 92.1. The summed E-state index contributed by atoms with van der Waals surface area (Å²) in [5, 5.41) is 14.6. The molecule has 0 spiro atoms. The third kappa shape index (κ3) is 11.4. The van der Waals surface area contributed by atoms with Gasteiger partial charge in [0.2, 0.25) is 0 Å². The monoisotopic (exact) mass is 932 g/mol. The molecule has 18 heteroatoms. The standard InChI is InChI=1S/C27H24F4N4O.C21H20ClF3N4O/c1-16-12-19(6-9-21(16)25(36)13-17-2-3-17)24-15-33-26-23(32-11-10-27(29,30)31)14-22(34-35(24)26)18-4-7-20(28)8-5-18;1-12-8-14(4-5-15(12)18(30)9-13-2-3-13)17-11-27-20-16(10-19(22)28-29(17)20)26-7-6-21(23,24)25/h4-9,12,14-15,17,32H,2-3,10-11,13H2,1H3;4-5,8,10-11,13,26H,2-3,6-7,9H2,1H3. The van der Waals surface area contributed by atoms with E-state index in [4.69, 9.17) is 11.6 Å². The van der Waals surface area contributed by atoms with Gasteiger partial charge >= 0.3 is 12.4 Å². The number of halogens is 8. The largest absolute Gasteiger partial charge is 0.390 e. The molecule has 66 heavy (non-hydrogen) atoms. The number of hydrogen-bond donors (Lipinski definition) is 2. The molecule has 0 radical (unpaired) electrons. The first-order chi connectivity index (χ1) is 31.4. The summed E-state index contributed by atoms with van der Waals surface area (Å²) in [5.74, 6) is 0.890. The fraction of sp³-hybridized carbons (Fsp3) is 0.333. The maximum atomic E-state index is 13.5. The van der Waals surface area contributed by atoms with Crippen LogP contribution in [0.15, 0.2) is 85.2 Å². The number of alkyl halides is 6. The van der Waals surface area contributed by atoms with E-state index in [-0.39, 0.29) is 29.8 Å². The molecule has 4 aromatic heterocycles. The molecule has 2 saturated carbocycles. The summed E-state index contributed by atoms with van der Waals surface area (Å²) in [4.78, 5) is 33.8. The summed E-state index contributed by atoms with van der Waals surface area (Å²) >= 11 is 6.09. The van der Waals surface area contributed by atoms with Crippen LogP contribution in [0.1, 0.15) is 83.2 Å². The highest BCUT2D eigenvalue weighted by Gasteiger charge is 2.29. The number of aryl methyl sites for hydroxylation is 2. The number of ketones is 2. The molecule has 0 amide bonds. The van der Waals surface area contributed by atoms with Gasteiger partial charge in [0.05, 0.1) is 53.7 Å². The Balaban J connectivity index is 0.000000182. The number of Topliss-reactive ketones (excluding diaryl/α,β-unsaturated/α-hetero) is 2. The van der Waals surface area contributed by atoms with Gasteiger partial charge in [-0.25, -0.2) is 23.4 Å². The van der Waals surface area contributed by atoms with Crippen LogP contribution in [-0.4, -0.2) is 66.2 Å². The van der Waals surface area contributed by atoms with Crippen molar-refractivity contribution in [1.29, 1.82) is 0 Å². The van der Waals surface area contributed by atoms with E-state index in [9.17, 15) is 40.3 Å². The minimum Gasteiger partial charge on any atom is -0.382 e. The van der Waals surface area contributed by atoms with Crippen molar-refractivity contribution in [2.45, 2.75) is 77.6 Å². The smallest absolute Gasteiger partial charge is 0.382 e. The van der Waals surface area contributed by atoms with Gasteiger partial charge in [0.15, 0.2) is 28.0 Å². The topological polar surface area (TPSA) is 119 Å². The number of imidazole rings is 2. The molecule has 0 saturated heterocycles. The van der Waals surface area contributed by atoms with Crippen LogP contribution in [0, 0.1) is 31.5 Å². The van der Waals surface area contributed by atoms with E-state index >= 15 is 0 Å². The molecular formula is C48H44ClF7N8O2. The second-order valence-corrected chi connectivity index (χ2v) is 17.3. The third-order valence-corrected chi connectivity index (χ3v) is 11.7. The molecule has 9 rings (SSSR count). The predicted molar refractivity (Wildman–Crippen MR) is 238 cm³/mol. The molecule has 3 aromatic carbocycles. The van der Waals surface area contributed by atoms with E-state index in [0.717, 1.165) is 47.9 Å². The van der Waals surface area contributed by atoms with Gasteiger partial charge in [-0.1, -0.05) is 35.9 Å². The Morgan fingerprint density at radius 1 is 0.636 bits per heavy atom. The van der Waals surface area contributed by atoms with Gasteiger partial charge in [-0.15, -0.1) is 0 Å². The van der Waals surface area contributed by atoms with Crippen LogP contribution in [0.5, 0.6) is 0 Å². The van der Waals surface area contributed by atoms with E-state index in [1.807, 2.05) is 44.2 Å². The zero-order chi connectivity index (χ0) is 46.9. The molecule has 0 unspecified atom stereocenters. The lowest BCUT2D eigenvalue weighted by atomic mass is 9.98. The van der Waals surface area contributed by atoms with Crippen LogP contribution < -0.4 is 10.6 Å².